The van der Waals surface area contributed by atoms with Gasteiger partial charge in [-0.25, -0.2) is 4.79 Å². The van der Waals surface area contributed by atoms with Gasteiger partial charge in [-0.3, -0.25) is 0 Å². The molecule has 0 saturated heterocycles. The summed E-state index contributed by atoms with van der Waals surface area (Å²) >= 11 is 6.27. The van der Waals surface area contributed by atoms with E-state index in [4.69, 9.17) is 9.68 Å². The minimum atomic E-state index is -0.725. The maximum absolute atomic E-state index is 11.3. The van der Waals surface area contributed by atoms with Gasteiger partial charge in [0.05, 0.1) is 4.47 Å². The molecule has 0 amide bonds. The van der Waals surface area contributed by atoms with E-state index in [1.165, 1.54) is 6.07 Å². The van der Waals surface area contributed by atoms with Gasteiger partial charge in [-0.1, -0.05) is 0 Å². The zero-order valence-corrected chi connectivity index (χ0v) is 10.8. The van der Waals surface area contributed by atoms with Gasteiger partial charge in [0.1, 0.15) is 21.9 Å². The molecule has 1 aromatic carbocycles. The lowest BCUT2D eigenvalue weighted by molar-refractivity contribution is 0.466. The van der Waals surface area contributed by atoms with Crippen LogP contribution in [0.25, 0.3) is 11.0 Å². The Morgan fingerprint density at radius 2 is 2.06 bits per heavy atom. The summed E-state index contributed by atoms with van der Waals surface area (Å²) in [6, 6.07) is 4.72. The van der Waals surface area contributed by atoms with E-state index in [2.05, 4.69) is 31.9 Å². The summed E-state index contributed by atoms with van der Waals surface area (Å²) in [5.41, 5.74) is -0.584. The number of nitrogens with zero attached hydrogens (tertiary/aromatic N) is 1. The van der Waals surface area contributed by atoms with Crippen molar-refractivity contribution in [1.82, 2.24) is 0 Å². The quantitative estimate of drug-likeness (QED) is 0.746. The third-order valence-electron chi connectivity index (χ3n) is 2.01. The smallest absolute Gasteiger partial charge is 0.354 e. The van der Waals surface area contributed by atoms with E-state index in [0.29, 0.717) is 9.86 Å². The number of halogens is 2. The van der Waals surface area contributed by atoms with Crippen molar-refractivity contribution in [3.8, 4) is 11.8 Å². The predicted molar refractivity (Wildman–Crippen MR) is 64.3 cm³/mol. The lowest BCUT2D eigenvalue weighted by Crippen LogP contribution is -2.03. The van der Waals surface area contributed by atoms with Crippen molar-refractivity contribution >= 4 is 42.8 Å². The summed E-state index contributed by atoms with van der Waals surface area (Å²) in [7, 11) is 0. The molecule has 0 bridgehead atoms. The van der Waals surface area contributed by atoms with Crippen molar-refractivity contribution in [1.29, 1.82) is 5.26 Å². The highest BCUT2D eigenvalue weighted by Gasteiger charge is 2.13. The van der Waals surface area contributed by atoms with Gasteiger partial charge in [0.25, 0.3) is 0 Å². The first-order chi connectivity index (χ1) is 7.54. The Hall–Kier alpha value is -1.32. The van der Waals surface area contributed by atoms with Gasteiger partial charge in [0.2, 0.25) is 0 Å². The second kappa shape index (κ2) is 3.92. The van der Waals surface area contributed by atoms with E-state index in [0.717, 1.165) is 0 Å². The van der Waals surface area contributed by atoms with E-state index in [1.54, 1.807) is 12.1 Å². The predicted octanol–water partition coefficient (Wildman–Crippen LogP) is 2.90. The first-order valence-electron chi connectivity index (χ1n) is 4.09. The highest BCUT2D eigenvalue weighted by Crippen LogP contribution is 2.38. The van der Waals surface area contributed by atoms with E-state index >= 15 is 0 Å². The van der Waals surface area contributed by atoms with Crippen LogP contribution in [0, 0.1) is 11.3 Å². The Balaban J connectivity index is 2.99. The van der Waals surface area contributed by atoms with Gasteiger partial charge in [-0.15, -0.1) is 0 Å². The van der Waals surface area contributed by atoms with Crippen LogP contribution in [0.5, 0.6) is 5.75 Å². The molecule has 6 heteroatoms. The Labute approximate surface area is 106 Å². The molecule has 2 rings (SSSR count). The Bertz CT molecular complexity index is 685. The SMILES string of the molecule is N#Cc1cc2cc(Br)c(O)c(Br)c2oc1=O. The van der Waals surface area contributed by atoms with Gasteiger partial charge >= 0.3 is 5.63 Å². The third-order valence-corrected chi connectivity index (χ3v) is 3.35. The van der Waals surface area contributed by atoms with E-state index < -0.39 is 5.63 Å². The fourth-order valence-corrected chi connectivity index (χ4v) is 2.49. The normalized spacial score (nSPS) is 10.3. The van der Waals surface area contributed by atoms with Crippen molar-refractivity contribution in [2.75, 3.05) is 0 Å². The topological polar surface area (TPSA) is 74.2 Å². The van der Waals surface area contributed by atoms with Crippen LogP contribution in [-0.4, -0.2) is 5.11 Å². The number of phenolic OH excluding ortho intramolecular Hbond substituents is 1. The molecule has 0 fully saturated rings. The van der Waals surface area contributed by atoms with Crippen molar-refractivity contribution < 1.29 is 9.52 Å². The Morgan fingerprint density at radius 3 is 2.69 bits per heavy atom. The van der Waals surface area contributed by atoms with Crippen LogP contribution in [0.3, 0.4) is 0 Å². The molecule has 1 N–H and O–H groups in total. The van der Waals surface area contributed by atoms with Crippen LogP contribution >= 0.6 is 31.9 Å². The van der Waals surface area contributed by atoms with Crippen LogP contribution in [0.1, 0.15) is 5.56 Å². The standard InChI is InChI=1S/C10H3Br2NO3/c11-6-2-4-1-5(3-13)10(15)16-9(4)7(12)8(6)14/h1-2,14H. The Kier molecular flexibility index (Phi) is 2.74. The number of rotatable bonds is 0. The largest absolute Gasteiger partial charge is 0.505 e. The lowest BCUT2D eigenvalue weighted by atomic mass is 10.2. The molecule has 1 aromatic heterocycles. The molecule has 4 nitrogen and oxygen atoms in total. The van der Waals surface area contributed by atoms with Crippen LogP contribution in [0.15, 0.2) is 30.3 Å². The molecule has 0 aliphatic heterocycles. The van der Waals surface area contributed by atoms with Crippen LogP contribution in [-0.2, 0) is 0 Å². The van der Waals surface area contributed by atoms with Crippen molar-refractivity contribution in [2.24, 2.45) is 0 Å². The summed E-state index contributed by atoms with van der Waals surface area (Å²) in [5.74, 6) is -0.0552. The second-order valence-electron chi connectivity index (χ2n) is 3.00. The molecule has 0 aliphatic carbocycles. The number of nitriles is 1. The zero-order chi connectivity index (χ0) is 11.9. The van der Waals surface area contributed by atoms with Gasteiger partial charge in [0.15, 0.2) is 5.58 Å². The zero-order valence-electron chi connectivity index (χ0n) is 7.62. The van der Waals surface area contributed by atoms with Crippen molar-refractivity contribution in [2.45, 2.75) is 0 Å². The molecule has 0 spiro atoms. The van der Waals surface area contributed by atoms with E-state index in [1.807, 2.05) is 0 Å². The molecule has 0 unspecified atom stereocenters. The third kappa shape index (κ3) is 1.62. The maximum atomic E-state index is 11.3. The summed E-state index contributed by atoms with van der Waals surface area (Å²) in [6.07, 6.45) is 0. The summed E-state index contributed by atoms with van der Waals surface area (Å²) < 4.78 is 5.67. The molecule has 80 valence electrons. The van der Waals surface area contributed by atoms with E-state index in [-0.39, 0.29) is 21.4 Å². The molecular formula is C10H3Br2NO3. The highest BCUT2D eigenvalue weighted by molar-refractivity contribution is 9.11. The number of hydrogen-bond donors (Lipinski definition) is 1. The Morgan fingerprint density at radius 1 is 1.38 bits per heavy atom. The van der Waals surface area contributed by atoms with Gasteiger partial charge < -0.3 is 9.52 Å². The first-order valence-corrected chi connectivity index (χ1v) is 5.68. The number of hydrogen-bond acceptors (Lipinski definition) is 4. The molecular weight excluding hydrogens is 342 g/mol. The summed E-state index contributed by atoms with van der Waals surface area (Å²) in [5, 5.41) is 18.8. The average molecular weight is 345 g/mol. The summed E-state index contributed by atoms with van der Waals surface area (Å²) in [6.45, 7) is 0. The molecule has 0 aliphatic rings. The highest BCUT2D eigenvalue weighted by atomic mass is 79.9. The fraction of sp³-hybridized carbons (Fsp3) is 0. The molecule has 16 heavy (non-hydrogen) atoms. The van der Waals surface area contributed by atoms with E-state index in [9.17, 15) is 9.90 Å². The van der Waals surface area contributed by atoms with Crippen molar-refractivity contribution in [3.05, 3.63) is 37.1 Å². The minimum Gasteiger partial charge on any atom is -0.505 e. The first kappa shape index (κ1) is 11.2. The second-order valence-corrected chi connectivity index (χ2v) is 4.65. The lowest BCUT2D eigenvalue weighted by Gasteiger charge is -2.04. The molecule has 0 radical (unpaired) electrons. The van der Waals surface area contributed by atoms with Gasteiger partial charge in [-0.05, 0) is 44.0 Å². The van der Waals surface area contributed by atoms with Gasteiger partial charge in [0, 0.05) is 5.39 Å². The average Bonchev–Trinajstić information content (AvgIpc) is 2.27. The monoisotopic (exact) mass is 343 g/mol. The maximum Gasteiger partial charge on any atom is 0.354 e. The van der Waals surface area contributed by atoms with Crippen LogP contribution < -0.4 is 5.63 Å². The number of fused-ring (bicyclic) bond motifs is 1. The van der Waals surface area contributed by atoms with Gasteiger partial charge in [-0.2, -0.15) is 5.26 Å². The summed E-state index contributed by atoms with van der Waals surface area (Å²) in [4.78, 5) is 11.3. The molecule has 0 atom stereocenters. The van der Waals surface area contributed by atoms with Crippen LogP contribution in [0.4, 0.5) is 0 Å². The molecule has 0 saturated carbocycles. The molecule has 1 heterocycles. The van der Waals surface area contributed by atoms with Crippen LogP contribution in [0.2, 0.25) is 0 Å². The minimum absolute atomic E-state index is 0.0552. The number of aromatic hydroxyl groups is 1. The number of phenols is 1. The molecule has 2 aromatic rings. The van der Waals surface area contributed by atoms with Crippen molar-refractivity contribution in [3.63, 3.8) is 0 Å². The number of benzene rings is 1. The fourth-order valence-electron chi connectivity index (χ4n) is 1.26.